The first-order chi connectivity index (χ1) is 11.9. The SMILES string of the molecule is O=C(O)C(Cc1cc2ccccc2[nH]1)NP(=O)(O)Cc1ccccc1. The van der Waals surface area contributed by atoms with Gasteiger partial charge in [-0.15, -0.1) is 0 Å². The van der Waals surface area contributed by atoms with Crippen molar-refractivity contribution in [2.24, 2.45) is 0 Å². The Balaban J connectivity index is 1.74. The van der Waals surface area contributed by atoms with Crippen LogP contribution in [-0.2, 0) is 21.9 Å². The number of hydrogen-bond acceptors (Lipinski definition) is 2. The summed E-state index contributed by atoms with van der Waals surface area (Å²) in [5.74, 6) is -1.17. The summed E-state index contributed by atoms with van der Waals surface area (Å²) in [6, 6.07) is 17.1. The van der Waals surface area contributed by atoms with Gasteiger partial charge < -0.3 is 15.0 Å². The zero-order valence-corrected chi connectivity index (χ0v) is 14.3. The number of carbonyl (C=O) groups is 1. The Bertz CT molecular complexity index is 890. The second kappa shape index (κ2) is 7.23. The molecule has 0 saturated carbocycles. The number of aliphatic carboxylic acids is 1. The second-order valence-corrected chi connectivity index (χ2v) is 7.93. The Kier molecular flexibility index (Phi) is 5.04. The number of aromatic nitrogens is 1. The van der Waals surface area contributed by atoms with Gasteiger partial charge in [0.2, 0.25) is 0 Å². The summed E-state index contributed by atoms with van der Waals surface area (Å²) in [6.07, 6.45) is -0.0341. The first-order valence-corrected chi connectivity index (χ1v) is 9.70. The maximum absolute atomic E-state index is 12.4. The summed E-state index contributed by atoms with van der Waals surface area (Å²) in [4.78, 5) is 24.9. The summed E-state index contributed by atoms with van der Waals surface area (Å²) in [7, 11) is -3.84. The first-order valence-electron chi connectivity index (χ1n) is 7.86. The number of H-pyrrole nitrogens is 1. The van der Waals surface area contributed by atoms with Crippen molar-refractivity contribution in [1.82, 2.24) is 10.1 Å². The largest absolute Gasteiger partial charge is 0.480 e. The lowest BCUT2D eigenvalue weighted by Crippen LogP contribution is -2.36. The highest BCUT2D eigenvalue weighted by Gasteiger charge is 2.28. The van der Waals surface area contributed by atoms with Gasteiger partial charge in [0.25, 0.3) is 7.52 Å². The molecule has 130 valence electrons. The van der Waals surface area contributed by atoms with E-state index in [4.69, 9.17) is 0 Å². The fourth-order valence-electron chi connectivity index (χ4n) is 2.77. The molecule has 3 aromatic rings. The topological polar surface area (TPSA) is 102 Å². The zero-order chi connectivity index (χ0) is 17.9. The number of carboxylic acids is 1. The second-order valence-electron chi connectivity index (χ2n) is 5.95. The van der Waals surface area contributed by atoms with E-state index in [1.165, 1.54) is 0 Å². The lowest BCUT2D eigenvalue weighted by Gasteiger charge is -2.19. The molecule has 0 aliphatic carbocycles. The van der Waals surface area contributed by atoms with Gasteiger partial charge in [-0.05, 0) is 23.1 Å². The summed E-state index contributed by atoms with van der Waals surface area (Å²) >= 11 is 0. The highest BCUT2D eigenvalue weighted by Crippen LogP contribution is 2.40. The molecule has 6 nitrogen and oxygen atoms in total. The van der Waals surface area contributed by atoms with Crippen molar-refractivity contribution in [1.29, 1.82) is 0 Å². The number of para-hydroxylation sites is 1. The van der Waals surface area contributed by atoms with Crippen LogP contribution in [0.25, 0.3) is 10.9 Å². The number of nitrogens with one attached hydrogen (secondary N) is 2. The molecule has 0 radical (unpaired) electrons. The van der Waals surface area contributed by atoms with Crippen molar-refractivity contribution in [3.05, 3.63) is 71.9 Å². The molecule has 2 aromatic carbocycles. The van der Waals surface area contributed by atoms with Crippen molar-refractivity contribution in [2.75, 3.05) is 0 Å². The van der Waals surface area contributed by atoms with Crippen LogP contribution in [0.3, 0.4) is 0 Å². The molecule has 0 amide bonds. The molecule has 3 rings (SSSR count). The highest BCUT2D eigenvalue weighted by atomic mass is 31.2. The van der Waals surface area contributed by atoms with Crippen molar-refractivity contribution in [3.8, 4) is 0 Å². The number of fused-ring (bicyclic) bond motifs is 1. The molecule has 4 N–H and O–H groups in total. The number of aromatic amines is 1. The standard InChI is InChI=1S/C18H19N2O4P/c21-18(22)17(11-15-10-14-8-4-5-9-16(14)19-15)20-25(23,24)12-13-6-2-1-3-7-13/h1-10,17,19H,11-12H2,(H,21,22)(H2,20,23,24). The molecule has 0 aliphatic rings. The van der Waals surface area contributed by atoms with E-state index in [-0.39, 0.29) is 12.6 Å². The number of hydrogen-bond donors (Lipinski definition) is 4. The third-order valence-corrected chi connectivity index (χ3v) is 5.41. The van der Waals surface area contributed by atoms with Crippen molar-refractivity contribution in [2.45, 2.75) is 18.6 Å². The smallest absolute Gasteiger partial charge is 0.321 e. The fourth-order valence-corrected chi connectivity index (χ4v) is 4.26. The molecule has 25 heavy (non-hydrogen) atoms. The average molecular weight is 358 g/mol. The Labute approximate surface area is 145 Å². The van der Waals surface area contributed by atoms with Crippen molar-refractivity contribution in [3.63, 3.8) is 0 Å². The Hall–Kier alpha value is -2.40. The molecular formula is C18H19N2O4P. The molecule has 0 spiro atoms. The number of rotatable bonds is 7. The summed E-state index contributed by atoms with van der Waals surface area (Å²) in [5, 5.41) is 12.8. The molecule has 0 fully saturated rings. The predicted octanol–water partition coefficient (Wildman–Crippen LogP) is 3.14. The average Bonchev–Trinajstić information content (AvgIpc) is 2.96. The third-order valence-electron chi connectivity index (χ3n) is 3.91. The molecule has 1 heterocycles. The van der Waals surface area contributed by atoms with E-state index in [1.54, 1.807) is 24.3 Å². The van der Waals surface area contributed by atoms with Crippen molar-refractivity contribution >= 4 is 24.4 Å². The number of benzene rings is 2. The lowest BCUT2D eigenvalue weighted by atomic mass is 10.1. The van der Waals surface area contributed by atoms with E-state index in [1.807, 2.05) is 36.4 Å². The van der Waals surface area contributed by atoms with E-state index in [2.05, 4.69) is 10.1 Å². The maximum atomic E-state index is 12.4. The summed E-state index contributed by atoms with van der Waals surface area (Å²) < 4.78 is 12.4. The van der Waals surface area contributed by atoms with Crippen LogP contribution < -0.4 is 5.09 Å². The van der Waals surface area contributed by atoms with Gasteiger partial charge in [0.1, 0.15) is 6.04 Å². The van der Waals surface area contributed by atoms with Gasteiger partial charge in [-0.3, -0.25) is 9.36 Å². The van der Waals surface area contributed by atoms with Crippen LogP contribution in [-0.4, -0.2) is 27.0 Å². The predicted molar refractivity (Wildman–Crippen MR) is 96.5 cm³/mol. The first kappa shape index (κ1) is 17.4. The minimum atomic E-state index is -3.84. The van der Waals surface area contributed by atoms with E-state index in [9.17, 15) is 19.4 Å². The Morgan fingerprint density at radius 2 is 1.80 bits per heavy atom. The molecule has 2 atom stereocenters. The number of carboxylic acid groups (broad SMARTS) is 1. The van der Waals surface area contributed by atoms with Crippen LogP contribution in [0.1, 0.15) is 11.3 Å². The third kappa shape index (κ3) is 4.57. The molecular weight excluding hydrogens is 339 g/mol. The van der Waals surface area contributed by atoms with Crippen LogP contribution in [0.4, 0.5) is 0 Å². The van der Waals surface area contributed by atoms with Crippen LogP contribution in [0.2, 0.25) is 0 Å². The van der Waals surface area contributed by atoms with Gasteiger partial charge in [0.15, 0.2) is 0 Å². The maximum Gasteiger partial charge on any atom is 0.321 e. The minimum Gasteiger partial charge on any atom is -0.480 e. The van der Waals surface area contributed by atoms with Gasteiger partial charge in [0, 0.05) is 17.6 Å². The van der Waals surface area contributed by atoms with Gasteiger partial charge in [-0.25, -0.2) is 5.09 Å². The summed E-state index contributed by atoms with van der Waals surface area (Å²) in [6.45, 7) is 0. The van der Waals surface area contributed by atoms with E-state index in [0.717, 1.165) is 10.9 Å². The van der Waals surface area contributed by atoms with Crippen LogP contribution in [0.5, 0.6) is 0 Å². The molecule has 1 aromatic heterocycles. The summed E-state index contributed by atoms with van der Waals surface area (Å²) in [5.41, 5.74) is 2.27. The molecule has 0 saturated heterocycles. The molecule has 2 unspecified atom stereocenters. The zero-order valence-electron chi connectivity index (χ0n) is 13.4. The quantitative estimate of drug-likeness (QED) is 0.486. The van der Waals surface area contributed by atoms with E-state index in [0.29, 0.717) is 11.3 Å². The molecule has 0 aliphatic heterocycles. The van der Waals surface area contributed by atoms with Crippen molar-refractivity contribution < 1.29 is 19.4 Å². The van der Waals surface area contributed by atoms with Crippen LogP contribution in [0, 0.1) is 0 Å². The molecule has 7 heteroatoms. The van der Waals surface area contributed by atoms with E-state index >= 15 is 0 Å². The van der Waals surface area contributed by atoms with Gasteiger partial charge in [-0.2, -0.15) is 0 Å². The van der Waals surface area contributed by atoms with E-state index < -0.39 is 19.5 Å². The van der Waals surface area contributed by atoms with Crippen LogP contribution in [0.15, 0.2) is 60.7 Å². The minimum absolute atomic E-state index is 0.0867. The van der Waals surface area contributed by atoms with Gasteiger partial charge in [-0.1, -0.05) is 48.5 Å². The molecule has 0 bridgehead atoms. The monoisotopic (exact) mass is 358 g/mol. The van der Waals surface area contributed by atoms with Gasteiger partial charge >= 0.3 is 5.97 Å². The van der Waals surface area contributed by atoms with Crippen LogP contribution >= 0.6 is 7.52 Å². The lowest BCUT2D eigenvalue weighted by molar-refractivity contribution is -0.139. The van der Waals surface area contributed by atoms with Gasteiger partial charge in [0.05, 0.1) is 6.16 Å². The Morgan fingerprint density at radius 1 is 1.12 bits per heavy atom. The normalized spacial score (nSPS) is 14.9. The fraction of sp³-hybridized carbons (Fsp3) is 0.167. The Morgan fingerprint density at radius 3 is 2.48 bits per heavy atom. The highest BCUT2D eigenvalue weighted by molar-refractivity contribution is 7.55.